The van der Waals surface area contributed by atoms with Crippen LogP contribution in [0.15, 0.2) is 18.2 Å². The lowest BCUT2D eigenvalue weighted by atomic mass is 9.95. The first-order chi connectivity index (χ1) is 17.6. The fraction of sp³-hybridized carbons (Fsp3) is 0.679. The van der Waals surface area contributed by atoms with Gasteiger partial charge >= 0.3 is 6.09 Å². The van der Waals surface area contributed by atoms with Gasteiger partial charge in [0.05, 0.1) is 35.9 Å². The van der Waals surface area contributed by atoms with Crippen molar-refractivity contribution in [2.75, 3.05) is 32.9 Å². The van der Waals surface area contributed by atoms with Crippen molar-refractivity contribution in [3.05, 3.63) is 29.5 Å². The molecule has 1 aromatic heterocycles. The van der Waals surface area contributed by atoms with Crippen LogP contribution in [0.4, 0.5) is 4.79 Å². The molecule has 9 nitrogen and oxygen atoms in total. The Kier molecular flexibility index (Phi) is 9.31. The predicted octanol–water partition coefficient (Wildman–Crippen LogP) is 4.89. The molecule has 3 rings (SSSR count). The fourth-order valence-electron chi connectivity index (χ4n) is 4.43. The lowest BCUT2D eigenvalue weighted by Gasteiger charge is -2.30. The van der Waals surface area contributed by atoms with Gasteiger partial charge < -0.3 is 24.4 Å². The van der Waals surface area contributed by atoms with Crippen LogP contribution in [0.5, 0.6) is 0 Å². The molecule has 0 spiro atoms. The lowest BCUT2D eigenvalue weighted by molar-refractivity contribution is -0.128. The number of benzene rings is 1. The molecule has 212 valence electrons. The van der Waals surface area contributed by atoms with Crippen molar-refractivity contribution < 1.29 is 23.8 Å². The molecule has 10 heteroatoms. The molecular weight excluding hydrogens is 500 g/mol. The molecule has 0 saturated carbocycles. The van der Waals surface area contributed by atoms with Gasteiger partial charge in [0, 0.05) is 33.2 Å². The number of para-hydroxylation sites is 1. The van der Waals surface area contributed by atoms with E-state index in [9.17, 15) is 9.59 Å². The normalized spacial score (nSPS) is 17.4. The van der Waals surface area contributed by atoms with Crippen molar-refractivity contribution in [2.24, 2.45) is 5.92 Å². The van der Waals surface area contributed by atoms with Gasteiger partial charge in [-0.05, 0) is 53.1 Å². The van der Waals surface area contributed by atoms with Crippen molar-refractivity contribution in [3.63, 3.8) is 0 Å². The average molecular weight is 547 g/mol. The molecular formula is C28H46N4O5Si. The number of fused-ring (bicyclic) bond motifs is 1. The first kappa shape index (κ1) is 30.1. The van der Waals surface area contributed by atoms with E-state index in [-0.39, 0.29) is 19.1 Å². The lowest BCUT2D eigenvalue weighted by Crippen LogP contribution is -2.48. The quantitative estimate of drug-likeness (QED) is 0.374. The molecule has 1 atom stereocenters. The molecule has 0 radical (unpaired) electrons. The predicted molar refractivity (Wildman–Crippen MR) is 152 cm³/mol. The van der Waals surface area contributed by atoms with Crippen LogP contribution in [0.2, 0.25) is 25.7 Å². The van der Waals surface area contributed by atoms with E-state index in [1.54, 1.807) is 4.90 Å². The number of rotatable bonds is 8. The van der Waals surface area contributed by atoms with Crippen LogP contribution in [0.25, 0.3) is 10.9 Å². The maximum absolute atomic E-state index is 13.5. The zero-order chi connectivity index (χ0) is 28.3. The molecule has 1 aliphatic rings. The molecule has 2 heterocycles. The second-order valence-electron chi connectivity index (χ2n) is 13.0. The van der Waals surface area contributed by atoms with Gasteiger partial charge in [-0.3, -0.25) is 4.79 Å². The topological polar surface area (TPSA) is 94.9 Å². The Morgan fingerprint density at radius 2 is 1.89 bits per heavy atom. The van der Waals surface area contributed by atoms with Crippen LogP contribution in [-0.2, 0) is 31.3 Å². The van der Waals surface area contributed by atoms with Gasteiger partial charge in [-0.1, -0.05) is 37.8 Å². The first-order valence-electron chi connectivity index (χ1n) is 13.5. The van der Waals surface area contributed by atoms with E-state index in [0.29, 0.717) is 26.5 Å². The van der Waals surface area contributed by atoms with Gasteiger partial charge in [0.15, 0.2) is 0 Å². The van der Waals surface area contributed by atoms with Gasteiger partial charge in [-0.15, -0.1) is 0 Å². The third kappa shape index (κ3) is 8.03. The number of carbonyl (C=O) groups excluding carboxylic acids is 2. The summed E-state index contributed by atoms with van der Waals surface area (Å²) in [6, 6.07) is 7.20. The Morgan fingerprint density at radius 1 is 1.18 bits per heavy atom. The minimum Gasteiger partial charge on any atom is -0.444 e. The largest absolute Gasteiger partial charge is 0.444 e. The van der Waals surface area contributed by atoms with Crippen molar-refractivity contribution in [2.45, 2.75) is 85.1 Å². The van der Waals surface area contributed by atoms with E-state index in [0.717, 1.165) is 28.2 Å². The van der Waals surface area contributed by atoms with Crippen LogP contribution in [0, 0.1) is 12.8 Å². The summed E-state index contributed by atoms with van der Waals surface area (Å²) in [6.45, 7) is 20.7. The maximum atomic E-state index is 13.5. The number of ether oxygens (including phenoxy) is 3. The van der Waals surface area contributed by atoms with E-state index in [2.05, 4.69) is 37.9 Å². The van der Waals surface area contributed by atoms with E-state index in [1.165, 1.54) is 0 Å². The first-order valence-corrected chi connectivity index (χ1v) is 17.2. The highest BCUT2D eigenvalue weighted by Crippen LogP contribution is 2.30. The zero-order valence-electron chi connectivity index (χ0n) is 24.6. The summed E-state index contributed by atoms with van der Waals surface area (Å²) in [5.41, 5.74) is 1.50. The second-order valence-corrected chi connectivity index (χ2v) is 18.6. The number of hydrogen-bond acceptors (Lipinski definition) is 6. The van der Waals surface area contributed by atoms with Gasteiger partial charge in [-0.2, -0.15) is 5.10 Å². The smallest absolute Gasteiger partial charge is 0.410 e. The standard InChI is InChI=1S/C28H46N4O5Si/c1-20-11-10-12-22-23(20)32(19-36-15-16-38(7,8)9)30-24(22)28(5,6)29-25(33)21-17-31(13-14-35-18-21)26(34)37-27(2,3)4/h10-12,21H,13-19H2,1-9H3,(H,29,33). The molecule has 38 heavy (non-hydrogen) atoms. The third-order valence-electron chi connectivity index (χ3n) is 6.50. The van der Waals surface area contributed by atoms with E-state index in [4.69, 9.17) is 19.3 Å². The van der Waals surface area contributed by atoms with Gasteiger partial charge in [-0.25, -0.2) is 9.48 Å². The van der Waals surface area contributed by atoms with Crippen molar-refractivity contribution in [3.8, 4) is 0 Å². The van der Waals surface area contributed by atoms with Crippen molar-refractivity contribution >= 4 is 31.0 Å². The van der Waals surface area contributed by atoms with Crippen molar-refractivity contribution in [1.82, 2.24) is 20.0 Å². The zero-order valence-corrected chi connectivity index (χ0v) is 25.6. The number of nitrogens with one attached hydrogen (secondary N) is 1. The highest BCUT2D eigenvalue weighted by molar-refractivity contribution is 6.76. The summed E-state index contributed by atoms with van der Waals surface area (Å²) in [4.78, 5) is 27.7. The van der Waals surface area contributed by atoms with Gasteiger partial charge in [0.1, 0.15) is 12.3 Å². The second kappa shape index (κ2) is 11.8. The molecule has 1 unspecified atom stereocenters. The van der Waals surface area contributed by atoms with Crippen LogP contribution < -0.4 is 5.32 Å². The van der Waals surface area contributed by atoms with Crippen LogP contribution in [0.1, 0.15) is 45.9 Å². The molecule has 1 aliphatic heterocycles. The molecule has 0 aliphatic carbocycles. The monoisotopic (exact) mass is 546 g/mol. The third-order valence-corrected chi connectivity index (χ3v) is 8.20. The summed E-state index contributed by atoms with van der Waals surface area (Å²) in [6.07, 6.45) is -0.436. The maximum Gasteiger partial charge on any atom is 0.410 e. The Balaban J connectivity index is 1.78. The highest BCUT2D eigenvalue weighted by Gasteiger charge is 2.35. The summed E-state index contributed by atoms with van der Waals surface area (Å²) >= 11 is 0. The van der Waals surface area contributed by atoms with Crippen molar-refractivity contribution in [1.29, 1.82) is 0 Å². The summed E-state index contributed by atoms with van der Waals surface area (Å²) in [7, 11) is -1.19. The minimum atomic E-state index is -1.19. The van der Waals surface area contributed by atoms with E-state index >= 15 is 0 Å². The number of aryl methyl sites for hydroxylation is 1. The summed E-state index contributed by atoms with van der Waals surface area (Å²) in [5.74, 6) is -0.712. The Hall–Kier alpha value is -2.43. The Labute approximate surface area is 228 Å². The number of nitrogens with zero attached hydrogens (tertiary/aromatic N) is 3. The number of amides is 2. The summed E-state index contributed by atoms with van der Waals surface area (Å²) in [5, 5.41) is 9.09. The SMILES string of the molecule is Cc1cccc2c(C(C)(C)NC(=O)C3COCCN(C(=O)OC(C)(C)C)C3)nn(COCC[Si](C)(C)C)c12. The fourth-order valence-corrected chi connectivity index (χ4v) is 5.19. The van der Waals surface area contributed by atoms with Gasteiger partial charge in [0.2, 0.25) is 5.91 Å². The number of hydrogen-bond donors (Lipinski definition) is 1. The molecule has 0 bridgehead atoms. The molecule has 2 aromatic rings. The van der Waals surface area contributed by atoms with Crippen LogP contribution in [0.3, 0.4) is 0 Å². The minimum absolute atomic E-state index is 0.188. The number of carbonyl (C=O) groups is 2. The molecule has 1 aromatic carbocycles. The molecule has 2 amide bonds. The molecule has 1 N–H and O–H groups in total. The Morgan fingerprint density at radius 3 is 2.55 bits per heavy atom. The Bertz CT molecular complexity index is 1130. The van der Waals surface area contributed by atoms with Gasteiger partial charge in [0.25, 0.3) is 0 Å². The highest BCUT2D eigenvalue weighted by atomic mass is 28.3. The molecule has 1 fully saturated rings. The molecule has 1 saturated heterocycles. The summed E-state index contributed by atoms with van der Waals surface area (Å²) < 4.78 is 19.1. The van der Waals surface area contributed by atoms with Crippen LogP contribution >= 0.6 is 0 Å². The average Bonchev–Trinajstić information content (AvgIpc) is 2.98. The number of aromatic nitrogens is 2. The van der Waals surface area contributed by atoms with E-state index < -0.39 is 31.2 Å². The van der Waals surface area contributed by atoms with Crippen LogP contribution in [-0.4, -0.2) is 73.3 Å². The van der Waals surface area contributed by atoms with E-state index in [1.807, 2.05) is 51.4 Å².